The summed E-state index contributed by atoms with van der Waals surface area (Å²) in [6, 6.07) is 15.8. The van der Waals surface area contributed by atoms with Crippen molar-refractivity contribution < 1.29 is 19.4 Å². The lowest BCUT2D eigenvalue weighted by atomic mass is 9.96. The average Bonchev–Trinajstić information content (AvgIpc) is 2.87. The summed E-state index contributed by atoms with van der Waals surface area (Å²) in [5, 5.41) is 14.3. The Balaban J connectivity index is 1.94. The average molecular weight is 534 g/mol. The molecule has 4 rings (SSSR count). The van der Waals surface area contributed by atoms with Crippen molar-refractivity contribution in [1.82, 2.24) is 9.66 Å². The number of nitrogens with zero attached hydrogens (tertiary/aromatic N) is 3. The first-order valence-electron chi connectivity index (χ1n) is 12.2. The van der Waals surface area contributed by atoms with Crippen LogP contribution < -0.4 is 15.0 Å². The predicted molar refractivity (Wildman–Crippen MR) is 149 cm³/mol. The summed E-state index contributed by atoms with van der Waals surface area (Å²) in [5.74, 6) is 0.471. The molecule has 0 aliphatic heterocycles. The highest BCUT2D eigenvalue weighted by Gasteiger charge is 2.19. The number of aryl methyl sites for hydroxylation is 1. The maximum absolute atomic E-state index is 13.7. The lowest BCUT2D eigenvalue weighted by molar-refractivity contribution is -0.139. The fourth-order valence-electron chi connectivity index (χ4n) is 4.09. The summed E-state index contributed by atoms with van der Waals surface area (Å²) in [5.41, 5.74) is 3.21. The van der Waals surface area contributed by atoms with Gasteiger partial charge in [0.25, 0.3) is 5.56 Å². The van der Waals surface area contributed by atoms with Gasteiger partial charge in [-0.2, -0.15) is 9.78 Å². The van der Waals surface area contributed by atoms with Crippen LogP contribution in [0.25, 0.3) is 22.3 Å². The number of para-hydroxylation sites is 1. The first kappa shape index (κ1) is 26.9. The van der Waals surface area contributed by atoms with Gasteiger partial charge in [-0.25, -0.2) is 9.78 Å². The number of carbonyl (C=O) groups is 1. The van der Waals surface area contributed by atoms with Crippen molar-refractivity contribution in [2.24, 2.45) is 5.10 Å². The van der Waals surface area contributed by atoms with E-state index in [-0.39, 0.29) is 17.2 Å². The van der Waals surface area contributed by atoms with Gasteiger partial charge in [0, 0.05) is 16.1 Å². The van der Waals surface area contributed by atoms with E-state index in [0.29, 0.717) is 33.9 Å². The molecule has 0 atom stereocenters. The van der Waals surface area contributed by atoms with Gasteiger partial charge in [0.2, 0.25) is 0 Å². The van der Waals surface area contributed by atoms with E-state index < -0.39 is 12.6 Å². The molecule has 0 spiro atoms. The Morgan fingerprint density at radius 2 is 1.89 bits per heavy atom. The van der Waals surface area contributed by atoms with E-state index in [1.54, 1.807) is 36.4 Å². The number of ether oxygens (including phenoxy) is 2. The molecule has 196 valence electrons. The number of benzene rings is 3. The van der Waals surface area contributed by atoms with Crippen molar-refractivity contribution in [2.75, 3.05) is 13.2 Å². The van der Waals surface area contributed by atoms with Crippen LogP contribution in [0.2, 0.25) is 5.02 Å². The van der Waals surface area contributed by atoms with Crippen LogP contribution in [0.1, 0.15) is 43.4 Å². The number of halogens is 1. The normalized spacial score (nSPS) is 11.4. The highest BCUT2D eigenvalue weighted by Crippen LogP contribution is 2.34. The molecule has 9 heteroatoms. The van der Waals surface area contributed by atoms with Gasteiger partial charge in [-0.05, 0) is 73.4 Å². The number of hydrogen-bond acceptors (Lipinski definition) is 6. The largest absolute Gasteiger partial charge is 0.494 e. The Labute approximate surface area is 225 Å². The van der Waals surface area contributed by atoms with Crippen LogP contribution in [0.5, 0.6) is 11.5 Å². The maximum atomic E-state index is 13.7. The molecular weight excluding hydrogens is 506 g/mol. The predicted octanol–water partition coefficient (Wildman–Crippen LogP) is 5.89. The molecule has 0 bridgehead atoms. The molecule has 3 aromatic carbocycles. The van der Waals surface area contributed by atoms with Crippen molar-refractivity contribution in [1.29, 1.82) is 0 Å². The van der Waals surface area contributed by atoms with Crippen LogP contribution in [0.3, 0.4) is 0 Å². The van der Waals surface area contributed by atoms with Gasteiger partial charge < -0.3 is 14.6 Å². The standard InChI is InChI=1S/C29H28ClN3O5/c1-5-37-26-12-18(4)23(14-22(26)17(2)3)28-32-24-9-7-6-8-21(24)29(36)33(28)31-15-19-13-20(30)10-11-25(19)38-16-27(34)35/h6-15,17H,5,16H2,1-4H3,(H,34,35). The van der Waals surface area contributed by atoms with Gasteiger partial charge in [-0.3, -0.25) is 4.79 Å². The minimum Gasteiger partial charge on any atom is -0.494 e. The third-order valence-electron chi connectivity index (χ3n) is 5.91. The van der Waals surface area contributed by atoms with Crippen LogP contribution >= 0.6 is 11.6 Å². The van der Waals surface area contributed by atoms with E-state index in [4.69, 9.17) is 31.2 Å². The topological polar surface area (TPSA) is 103 Å². The fraction of sp³-hybridized carbons (Fsp3) is 0.241. The molecule has 8 nitrogen and oxygen atoms in total. The molecule has 0 fully saturated rings. The molecule has 0 aliphatic rings. The van der Waals surface area contributed by atoms with Crippen molar-refractivity contribution in [3.8, 4) is 22.9 Å². The summed E-state index contributed by atoms with van der Waals surface area (Å²) >= 11 is 6.18. The van der Waals surface area contributed by atoms with Gasteiger partial charge in [-0.1, -0.05) is 37.6 Å². The van der Waals surface area contributed by atoms with Gasteiger partial charge in [0.1, 0.15) is 11.5 Å². The third kappa shape index (κ3) is 5.70. The lowest BCUT2D eigenvalue weighted by Crippen LogP contribution is -2.21. The van der Waals surface area contributed by atoms with E-state index in [2.05, 4.69) is 18.9 Å². The number of rotatable bonds is 9. The minimum absolute atomic E-state index is 0.167. The second-order valence-electron chi connectivity index (χ2n) is 8.97. The summed E-state index contributed by atoms with van der Waals surface area (Å²) in [4.78, 5) is 29.5. The lowest BCUT2D eigenvalue weighted by Gasteiger charge is -2.18. The van der Waals surface area contributed by atoms with Gasteiger partial charge in [0.05, 0.1) is 23.7 Å². The Kier molecular flexibility index (Phi) is 8.12. The molecule has 1 N–H and O–H groups in total. The van der Waals surface area contributed by atoms with E-state index in [9.17, 15) is 9.59 Å². The maximum Gasteiger partial charge on any atom is 0.341 e. The minimum atomic E-state index is -1.12. The van der Waals surface area contributed by atoms with Crippen molar-refractivity contribution in [2.45, 2.75) is 33.6 Å². The zero-order valence-corrected chi connectivity index (χ0v) is 22.3. The molecular formula is C29H28ClN3O5. The quantitative estimate of drug-likeness (QED) is 0.269. The molecule has 0 aliphatic carbocycles. The monoisotopic (exact) mass is 533 g/mol. The highest BCUT2D eigenvalue weighted by molar-refractivity contribution is 6.30. The Bertz CT molecular complexity index is 1590. The van der Waals surface area contributed by atoms with Crippen molar-refractivity contribution >= 4 is 34.7 Å². The zero-order valence-electron chi connectivity index (χ0n) is 21.6. The molecule has 1 heterocycles. The number of fused-ring (bicyclic) bond motifs is 1. The number of carboxylic acid groups (broad SMARTS) is 1. The third-order valence-corrected chi connectivity index (χ3v) is 6.14. The fourth-order valence-corrected chi connectivity index (χ4v) is 4.27. The molecule has 4 aromatic rings. The SMILES string of the molecule is CCOc1cc(C)c(-c2nc3ccccc3c(=O)n2N=Cc2cc(Cl)ccc2OCC(=O)O)cc1C(C)C. The van der Waals surface area contributed by atoms with Gasteiger partial charge in [0.15, 0.2) is 12.4 Å². The van der Waals surface area contributed by atoms with Crippen LogP contribution in [0.4, 0.5) is 0 Å². The first-order valence-corrected chi connectivity index (χ1v) is 12.5. The van der Waals surface area contributed by atoms with E-state index in [1.807, 2.05) is 32.0 Å². The Morgan fingerprint density at radius 3 is 2.61 bits per heavy atom. The number of hydrogen-bond donors (Lipinski definition) is 1. The molecule has 38 heavy (non-hydrogen) atoms. The number of carboxylic acids is 1. The second kappa shape index (κ2) is 11.5. The first-order chi connectivity index (χ1) is 18.2. The molecule has 0 saturated carbocycles. The summed E-state index contributed by atoms with van der Waals surface area (Å²) in [7, 11) is 0. The molecule has 0 unspecified atom stereocenters. The number of aliphatic carboxylic acids is 1. The molecule has 0 radical (unpaired) electrons. The highest BCUT2D eigenvalue weighted by atomic mass is 35.5. The van der Waals surface area contributed by atoms with Gasteiger partial charge >= 0.3 is 5.97 Å². The Morgan fingerprint density at radius 1 is 1.13 bits per heavy atom. The zero-order chi connectivity index (χ0) is 27.4. The molecule has 0 amide bonds. The van der Waals surface area contributed by atoms with Crippen LogP contribution in [0, 0.1) is 6.92 Å². The van der Waals surface area contributed by atoms with Crippen LogP contribution in [0.15, 0.2) is 64.5 Å². The van der Waals surface area contributed by atoms with E-state index in [0.717, 1.165) is 22.4 Å². The van der Waals surface area contributed by atoms with E-state index >= 15 is 0 Å². The van der Waals surface area contributed by atoms with E-state index in [1.165, 1.54) is 10.9 Å². The summed E-state index contributed by atoms with van der Waals surface area (Å²) in [6.45, 7) is 8.03. The van der Waals surface area contributed by atoms with Gasteiger partial charge in [-0.15, -0.1) is 0 Å². The summed E-state index contributed by atoms with van der Waals surface area (Å²) in [6.07, 6.45) is 1.41. The number of aromatic nitrogens is 2. The molecule has 0 saturated heterocycles. The van der Waals surface area contributed by atoms with Crippen LogP contribution in [-0.4, -0.2) is 40.2 Å². The van der Waals surface area contributed by atoms with Crippen molar-refractivity contribution in [3.05, 3.63) is 86.7 Å². The molecule has 1 aromatic heterocycles. The smallest absolute Gasteiger partial charge is 0.341 e. The second-order valence-corrected chi connectivity index (χ2v) is 9.41. The Hall–Kier alpha value is -4.17. The van der Waals surface area contributed by atoms with Crippen LogP contribution in [-0.2, 0) is 4.79 Å². The van der Waals surface area contributed by atoms with Crippen molar-refractivity contribution in [3.63, 3.8) is 0 Å². The summed E-state index contributed by atoms with van der Waals surface area (Å²) < 4.78 is 12.5.